The van der Waals surface area contributed by atoms with Gasteiger partial charge in [-0.25, -0.2) is 0 Å². The van der Waals surface area contributed by atoms with Crippen LogP contribution >= 0.6 is 11.6 Å². The van der Waals surface area contributed by atoms with Crippen molar-refractivity contribution in [1.82, 2.24) is 5.32 Å². The largest absolute Gasteiger partial charge is 0.372 e. The first kappa shape index (κ1) is 17.5. The number of hydrogen-bond donors (Lipinski definition) is 1. The van der Waals surface area contributed by atoms with Crippen molar-refractivity contribution >= 4 is 11.6 Å². The SMILES string of the molecule is CCCNCC(OCCC(C)(C)C)c1cccc(Cl)c1. The lowest BCUT2D eigenvalue weighted by Gasteiger charge is -2.23. The van der Waals surface area contributed by atoms with Crippen LogP contribution in [0.3, 0.4) is 0 Å². The van der Waals surface area contributed by atoms with Crippen LogP contribution in [0.2, 0.25) is 5.02 Å². The second-order valence-corrected chi connectivity index (χ2v) is 6.87. The molecule has 1 atom stereocenters. The summed E-state index contributed by atoms with van der Waals surface area (Å²) >= 11 is 6.08. The summed E-state index contributed by atoms with van der Waals surface area (Å²) < 4.78 is 6.08. The molecule has 1 N–H and O–H groups in total. The molecule has 1 rings (SSSR count). The molecule has 0 bridgehead atoms. The molecule has 3 heteroatoms. The molecule has 0 heterocycles. The Balaban J connectivity index is 2.60. The van der Waals surface area contributed by atoms with E-state index in [0.29, 0.717) is 5.41 Å². The maximum absolute atomic E-state index is 6.08. The summed E-state index contributed by atoms with van der Waals surface area (Å²) in [6.07, 6.45) is 2.25. The van der Waals surface area contributed by atoms with Gasteiger partial charge in [0.15, 0.2) is 0 Å². The van der Waals surface area contributed by atoms with Gasteiger partial charge in [0, 0.05) is 18.2 Å². The van der Waals surface area contributed by atoms with Gasteiger partial charge in [-0.3, -0.25) is 0 Å². The topological polar surface area (TPSA) is 21.3 Å². The molecule has 0 saturated carbocycles. The van der Waals surface area contributed by atoms with Gasteiger partial charge in [-0.2, -0.15) is 0 Å². The lowest BCUT2D eigenvalue weighted by Crippen LogP contribution is -2.25. The van der Waals surface area contributed by atoms with E-state index in [2.05, 4.69) is 39.1 Å². The van der Waals surface area contributed by atoms with Crippen molar-refractivity contribution in [2.24, 2.45) is 5.41 Å². The van der Waals surface area contributed by atoms with Gasteiger partial charge in [0.2, 0.25) is 0 Å². The van der Waals surface area contributed by atoms with Gasteiger partial charge in [0.1, 0.15) is 0 Å². The van der Waals surface area contributed by atoms with E-state index in [9.17, 15) is 0 Å². The summed E-state index contributed by atoms with van der Waals surface area (Å²) in [6, 6.07) is 7.96. The predicted molar refractivity (Wildman–Crippen MR) is 87.4 cm³/mol. The molecule has 0 aliphatic rings. The monoisotopic (exact) mass is 297 g/mol. The first-order chi connectivity index (χ1) is 9.42. The van der Waals surface area contributed by atoms with Crippen LogP contribution in [-0.4, -0.2) is 19.7 Å². The first-order valence-electron chi connectivity index (χ1n) is 7.50. The molecular weight excluding hydrogens is 270 g/mol. The minimum absolute atomic E-state index is 0.0719. The highest BCUT2D eigenvalue weighted by atomic mass is 35.5. The van der Waals surface area contributed by atoms with E-state index in [1.54, 1.807) is 0 Å². The Kier molecular flexibility index (Phi) is 7.57. The smallest absolute Gasteiger partial charge is 0.0949 e. The molecule has 1 unspecified atom stereocenters. The second-order valence-electron chi connectivity index (χ2n) is 6.43. The maximum Gasteiger partial charge on any atom is 0.0949 e. The number of ether oxygens (including phenoxy) is 1. The van der Waals surface area contributed by atoms with Crippen LogP contribution in [0.25, 0.3) is 0 Å². The third-order valence-corrected chi connectivity index (χ3v) is 3.38. The van der Waals surface area contributed by atoms with Crippen molar-refractivity contribution in [3.8, 4) is 0 Å². The summed E-state index contributed by atoms with van der Waals surface area (Å²) in [5, 5.41) is 4.20. The van der Waals surface area contributed by atoms with E-state index in [0.717, 1.165) is 43.1 Å². The maximum atomic E-state index is 6.08. The lowest BCUT2D eigenvalue weighted by atomic mass is 9.93. The molecule has 114 valence electrons. The molecule has 0 radical (unpaired) electrons. The van der Waals surface area contributed by atoms with E-state index in [1.807, 2.05) is 18.2 Å². The van der Waals surface area contributed by atoms with Crippen LogP contribution in [0, 0.1) is 5.41 Å². The van der Waals surface area contributed by atoms with Crippen LogP contribution in [0.5, 0.6) is 0 Å². The van der Waals surface area contributed by atoms with Crippen molar-refractivity contribution in [3.63, 3.8) is 0 Å². The highest BCUT2D eigenvalue weighted by molar-refractivity contribution is 6.30. The van der Waals surface area contributed by atoms with Gasteiger partial charge >= 0.3 is 0 Å². The highest BCUT2D eigenvalue weighted by Crippen LogP contribution is 2.23. The van der Waals surface area contributed by atoms with Crippen LogP contribution in [-0.2, 0) is 4.74 Å². The van der Waals surface area contributed by atoms with E-state index in [-0.39, 0.29) is 6.10 Å². The molecule has 20 heavy (non-hydrogen) atoms. The third-order valence-electron chi connectivity index (χ3n) is 3.15. The third kappa shape index (κ3) is 7.28. The van der Waals surface area contributed by atoms with E-state index >= 15 is 0 Å². The standard InChI is InChI=1S/C17H28ClNO/c1-5-10-19-13-16(20-11-9-17(2,3)4)14-7-6-8-15(18)12-14/h6-8,12,16,19H,5,9-11,13H2,1-4H3. The molecule has 1 aromatic carbocycles. The van der Waals surface area contributed by atoms with E-state index < -0.39 is 0 Å². The molecule has 0 aliphatic heterocycles. The summed E-state index contributed by atoms with van der Waals surface area (Å²) in [5.41, 5.74) is 1.45. The highest BCUT2D eigenvalue weighted by Gasteiger charge is 2.15. The molecule has 0 aromatic heterocycles. The zero-order chi connectivity index (χ0) is 15.0. The fourth-order valence-corrected chi connectivity index (χ4v) is 2.10. The number of halogens is 1. The lowest BCUT2D eigenvalue weighted by molar-refractivity contribution is 0.0371. The summed E-state index contributed by atoms with van der Waals surface area (Å²) in [4.78, 5) is 0. The number of benzene rings is 1. The quantitative estimate of drug-likeness (QED) is 0.694. The Morgan fingerprint density at radius 1 is 1.30 bits per heavy atom. The Hall–Kier alpha value is -0.570. The molecule has 0 amide bonds. The predicted octanol–water partition coefficient (Wildman–Crippen LogP) is 4.83. The van der Waals surface area contributed by atoms with Gasteiger partial charge in [0.05, 0.1) is 6.10 Å². The molecule has 0 fully saturated rings. The second kappa shape index (κ2) is 8.66. The van der Waals surface area contributed by atoms with Gasteiger partial charge in [0.25, 0.3) is 0 Å². The Morgan fingerprint density at radius 2 is 2.05 bits per heavy atom. The Bertz CT molecular complexity index is 387. The van der Waals surface area contributed by atoms with E-state index in [4.69, 9.17) is 16.3 Å². The summed E-state index contributed by atoms with van der Waals surface area (Å²) in [6.45, 7) is 11.5. The molecular formula is C17H28ClNO. The minimum Gasteiger partial charge on any atom is -0.372 e. The molecule has 0 saturated heterocycles. The van der Waals surface area contributed by atoms with Crippen molar-refractivity contribution < 1.29 is 4.74 Å². The van der Waals surface area contributed by atoms with Crippen LogP contribution in [0.15, 0.2) is 24.3 Å². The summed E-state index contributed by atoms with van der Waals surface area (Å²) in [7, 11) is 0. The molecule has 2 nitrogen and oxygen atoms in total. The zero-order valence-corrected chi connectivity index (χ0v) is 14.0. The molecule has 1 aromatic rings. The molecule has 0 spiro atoms. The number of hydrogen-bond acceptors (Lipinski definition) is 2. The molecule has 0 aliphatic carbocycles. The van der Waals surface area contributed by atoms with Gasteiger partial charge < -0.3 is 10.1 Å². The van der Waals surface area contributed by atoms with Crippen molar-refractivity contribution in [2.45, 2.75) is 46.6 Å². The minimum atomic E-state index is 0.0719. The van der Waals surface area contributed by atoms with Crippen molar-refractivity contribution in [1.29, 1.82) is 0 Å². The van der Waals surface area contributed by atoms with Crippen molar-refractivity contribution in [2.75, 3.05) is 19.7 Å². The van der Waals surface area contributed by atoms with Gasteiger partial charge in [-0.1, -0.05) is 51.4 Å². The number of rotatable bonds is 8. The summed E-state index contributed by atoms with van der Waals surface area (Å²) in [5.74, 6) is 0. The fraction of sp³-hybridized carbons (Fsp3) is 0.647. The Labute approximate surface area is 128 Å². The van der Waals surface area contributed by atoms with Crippen LogP contribution < -0.4 is 5.32 Å². The van der Waals surface area contributed by atoms with E-state index in [1.165, 1.54) is 0 Å². The Morgan fingerprint density at radius 3 is 2.65 bits per heavy atom. The average molecular weight is 298 g/mol. The zero-order valence-electron chi connectivity index (χ0n) is 13.2. The average Bonchev–Trinajstić information content (AvgIpc) is 2.36. The van der Waals surface area contributed by atoms with Gasteiger partial charge in [-0.15, -0.1) is 0 Å². The van der Waals surface area contributed by atoms with Gasteiger partial charge in [-0.05, 0) is 42.5 Å². The number of nitrogens with one attached hydrogen (secondary N) is 1. The van der Waals surface area contributed by atoms with Crippen LogP contribution in [0.1, 0.15) is 52.2 Å². The normalized spacial score (nSPS) is 13.4. The fourth-order valence-electron chi connectivity index (χ4n) is 1.90. The first-order valence-corrected chi connectivity index (χ1v) is 7.88. The van der Waals surface area contributed by atoms with Crippen molar-refractivity contribution in [3.05, 3.63) is 34.9 Å². The van der Waals surface area contributed by atoms with Crippen LogP contribution in [0.4, 0.5) is 0 Å².